The third kappa shape index (κ3) is 8.47. The predicted octanol–water partition coefficient (Wildman–Crippen LogP) is 5.37. The molecule has 0 unspecified atom stereocenters. The van der Waals surface area contributed by atoms with E-state index in [4.69, 9.17) is 5.73 Å². The van der Waals surface area contributed by atoms with Crippen LogP contribution in [0.25, 0.3) is 0 Å². The van der Waals surface area contributed by atoms with E-state index in [2.05, 4.69) is 40.9 Å². The van der Waals surface area contributed by atoms with Gasteiger partial charge in [-0.05, 0) is 41.2 Å². The fourth-order valence-corrected chi connectivity index (χ4v) is 2.95. The molecule has 2 aromatic rings. The Morgan fingerprint density at radius 1 is 1.07 bits per heavy atom. The van der Waals surface area contributed by atoms with Crippen LogP contribution in [-0.4, -0.2) is 17.7 Å². The molecule has 0 saturated heterocycles. The molecule has 4 nitrogen and oxygen atoms in total. The van der Waals surface area contributed by atoms with Gasteiger partial charge in [-0.15, -0.1) is 18.3 Å². The first-order valence-electron chi connectivity index (χ1n) is 8.64. The van der Waals surface area contributed by atoms with Crippen molar-refractivity contribution in [3.63, 3.8) is 0 Å². The standard InChI is InChI=1S/C20H22F3N3OS/c1-14(2)11-15-3-5-16(6-4-15)12-25-26-19(24)28-13-17-7-9-18(10-8-17)27-20(21,22)23/h3-10,12,14H,11,13H2,1-2H3,(H2,24,26). The van der Waals surface area contributed by atoms with Crippen molar-refractivity contribution >= 4 is 23.1 Å². The number of nitrogens with zero attached hydrogens (tertiary/aromatic N) is 2. The number of halogens is 3. The van der Waals surface area contributed by atoms with E-state index < -0.39 is 6.36 Å². The van der Waals surface area contributed by atoms with Crippen LogP contribution in [0.4, 0.5) is 13.2 Å². The molecule has 2 rings (SSSR count). The molecule has 2 N–H and O–H groups in total. The Labute approximate surface area is 166 Å². The Bertz CT molecular complexity index is 801. The van der Waals surface area contributed by atoms with E-state index in [1.165, 1.54) is 29.5 Å². The van der Waals surface area contributed by atoms with Crippen LogP contribution >= 0.6 is 11.8 Å². The van der Waals surface area contributed by atoms with Crippen LogP contribution in [0, 0.1) is 5.92 Å². The fraction of sp³-hybridized carbons (Fsp3) is 0.300. The molecule has 2 aromatic carbocycles. The topological polar surface area (TPSA) is 60.0 Å². The quantitative estimate of drug-likeness (QED) is 0.380. The van der Waals surface area contributed by atoms with Crippen LogP contribution in [0.5, 0.6) is 5.75 Å². The van der Waals surface area contributed by atoms with Gasteiger partial charge in [0.2, 0.25) is 0 Å². The number of alkyl halides is 3. The smallest absolute Gasteiger partial charge is 0.406 e. The predicted molar refractivity (Wildman–Crippen MR) is 109 cm³/mol. The molecule has 0 atom stereocenters. The summed E-state index contributed by atoms with van der Waals surface area (Å²) in [5.41, 5.74) is 8.80. The van der Waals surface area contributed by atoms with Gasteiger partial charge in [-0.3, -0.25) is 0 Å². The van der Waals surface area contributed by atoms with Crippen LogP contribution in [0.1, 0.15) is 30.5 Å². The lowest BCUT2D eigenvalue weighted by molar-refractivity contribution is -0.274. The maximum absolute atomic E-state index is 12.1. The van der Waals surface area contributed by atoms with Crippen molar-refractivity contribution in [2.45, 2.75) is 32.4 Å². The van der Waals surface area contributed by atoms with E-state index in [0.717, 1.165) is 17.5 Å². The molecule has 0 saturated carbocycles. The molecule has 0 amide bonds. The maximum atomic E-state index is 12.1. The van der Waals surface area contributed by atoms with Crippen LogP contribution in [0.2, 0.25) is 0 Å². The first-order chi connectivity index (χ1) is 13.2. The number of thioether (sulfide) groups is 1. The third-order valence-electron chi connectivity index (χ3n) is 3.53. The zero-order valence-electron chi connectivity index (χ0n) is 15.6. The van der Waals surface area contributed by atoms with Gasteiger partial charge < -0.3 is 10.5 Å². The summed E-state index contributed by atoms with van der Waals surface area (Å²) in [6, 6.07) is 13.7. The number of benzene rings is 2. The fourth-order valence-electron chi connectivity index (χ4n) is 2.34. The summed E-state index contributed by atoms with van der Waals surface area (Å²) in [7, 11) is 0. The molecule has 8 heteroatoms. The van der Waals surface area contributed by atoms with Gasteiger partial charge in [0.1, 0.15) is 5.75 Å². The summed E-state index contributed by atoms with van der Waals surface area (Å²) >= 11 is 1.24. The first-order valence-corrected chi connectivity index (χ1v) is 9.63. The second-order valence-corrected chi connectivity index (χ2v) is 7.50. The minimum Gasteiger partial charge on any atom is -0.406 e. The number of hydrogen-bond acceptors (Lipinski definition) is 4. The van der Waals surface area contributed by atoms with Gasteiger partial charge in [0, 0.05) is 5.75 Å². The van der Waals surface area contributed by atoms with Crippen molar-refractivity contribution < 1.29 is 17.9 Å². The van der Waals surface area contributed by atoms with Gasteiger partial charge in [0.15, 0.2) is 5.17 Å². The average molecular weight is 409 g/mol. The summed E-state index contributed by atoms with van der Waals surface area (Å²) in [6.07, 6.45) is -2.04. The highest BCUT2D eigenvalue weighted by molar-refractivity contribution is 8.13. The van der Waals surface area contributed by atoms with Gasteiger partial charge in [0.05, 0.1) is 6.21 Å². The molecule has 0 fully saturated rings. The van der Waals surface area contributed by atoms with Crippen molar-refractivity contribution in [2.24, 2.45) is 21.9 Å². The molecule has 150 valence electrons. The molecule has 0 radical (unpaired) electrons. The highest BCUT2D eigenvalue weighted by Gasteiger charge is 2.30. The lowest BCUT2D eigenvalue weighted by Gasteiger charge is -2.09. The van der Waals surface area contributed by atoms with E-state index in [9.17, 15) is 13.2 Å². The SMILES string of the molecule is CC(C)Cc1ccc(C=NN=C(N)SCc2ccc(OC(F)(F)F)cc2)cc1. The van der Waals surface area contributed by atoms with Gasteiger partial charge in [0.25, 0.3) is 0 Å². The molecule has 0 heterocycles. The van der Waals surface area contributed by atoms with Gasteiger partial charge in [-0.25, -0.2) is 0 Å². The summed E-state index contributed by atoms with van der Waals surface area (Å²) in [6.45, 7) is 4.35. The molecule has 0 bridgehead atoms. The van der Waals surface area contributed by atoms with E-state index in [0.29, 0.717) is 11.7 Å². The van der Waals surface area contributed by atoms with Crippen molar-refractivity contribution in [3.8, 4) is 5.75 Å². The molecule has 0 aliphatic heterocycles. The zero-order chi connectivity index (χ0) is 20.6. The van der Waals surface area contributed by atoms with Gasteiger partial charge in [-0.1, -0.05) is 62.0 Å². The Balaban J connectivity index is 1.83. The Kier molecular flexibility index (Phi) is 7.92. The number of rotatable bonds is 7. The molecular weight excluding hydrogens is 387 g/mol. The van der Waals surface area contributed by atoms with Crippen molar-refractivity contribution in [1.82, 2.24) is 0 Å². The second kappa shape index (κ2) is 10.2. The summed E-state index contributed by atoms with van der Waals surface area (Å²) in [4.78, 5) is 0. The highest BCUT2D eigenvalue weighted by atomic mass is 32.2. The van der Waals surface area contributed by atoms with Crippen LogP contribution in [-0.2, 0) is 12.2 Å². The second-order valence-electron chi connectivity index (χ2n) is 6.50. The summed E-state index contributed by atoms with van der Waals surface area (Å²) in [5, 5.41) is 8.16. The minimum absolute atomic E-state index is 0.257. The van der Waals surface area contributed by atoms with E-state index in [1.807, 2.05) is 12.1 Å². The number of nitrogens with two attached hydrogens (primary N) is 1. The highest BCUT2D eigenvalue weighted by Crippen LogP contribution is 2.23. The minimum atomic E-state index is -4.69. The molecule has 0 spiro atoms. The lowest BCUT2D eigenvalue weighted by atomic mass is 10.0. The molecule has 0 aliphatic rings. The number of hydrogen-bond donors (Lipinski definition) is 1. The normalized spacial score (nSPS) is 12.7. The number of ether oxygens (including phenoxy) is 1. The van der Waals surface area contributed by atoms with E-state index >= 15 is 0 Å². The molecule has 0 aliphatic carbocycles. The van der Waals surface area contributed by atoms with Crippen molar-refractivity contribution in [3.05, 3.63) is 65.2 Å². The number of amidine groups is 1. The zero-order valence-corrected chi connectivity index (χ0v) is 16.4. The van der Waals surface area contributed by atoms with Crippen LogP contribution in [0.3, 0.4) is 0 Å². The molecule has 0 aromatic heterocycles. The monoisotopic (exact) mass is 409 g/mol. The Morgan fingerprint density at radius 2 is 1.68 bits per heavy atom. The largest absolute Gasteiger partial charge is 0.573 e. The molecular formula is C20H22F3N3OS. The Hall–Kier alpha value is -2.48. The van der Waals surface area contributed by atoms with Crippen LogP contribution in [0.15, 0.2) is 58.7 Å². The maximum Gasteiger partial charge on any atom is 0.573 e. The first kappa shape index (κ1) is 21.8. The lowest BCUT2D eigenvalue weighted by Crippen LogP contribution is -2.17. The van der Waals surface area contributed by atoms with E-state index in [1.54, 1.807) is 18.3 Å². The van der Waals surface area contributed by atoms with Crippen molar-refractivity contribution in [2.75, 3.05) is 0 Å². The summed E-state index contributed by atoms with van der Waals surface area (Å²) in [5.74, 6) is 0.808. The molecule has 28 heavy (non-hydrogen) atoms. The third-order valence-corrected chi connectivity index (χ3v) is 4.39. The summed E-state index contributed by atoms with van der Waals surface area (Å²) < 4.78 is 40.2. The van der Waals surface area contributed by atoms with Crippen LogP contribution < -0.4 is 10.5 Å². The van der Waals surface area contributed by atoms with E-state index in [-0.39, 0.29) is 10.9 Å². The van der Waals surface area contributed by atoms with Gasteiger partial charge in [-0.2, -0.15) is 5.10 Å². The Morgan fingerprint density at radius 3 is 2.25 bits per heavy atom. The average Bonchev–Trinajstić information content (AvgIpc) is 2.61. The van der Waals surface area contributed by atoms with Gasteiger partial charge >= 0.3 is 6.36 Å². The van der Waals surface area contributed by atoms with Crippen molar-refractivity contribution in [1.29, 1.82) is 0 Å².